The van der Waals surface area contributed by atoms with Gasteiger partial charge in [-0.15, -0.1) is 0 Å². The van der Waals surface area contributed by atoms with Crippen LogP contribution in [0.2, 0.25) is 0 Å². The number of Topliss-reactive ketones (excluding diaryl/α,β-unsaturated/α-hetero) is 1. The van der Waals surface area contributed by atoms with E-state index in [9.17, 15) is 14.4 Å². The van der Waals surface area contributed by atoms with Crippen molar-refractivity contribution >= 4 is 17.7 Å². The Morgan fingerprint density at radius 2 is 1.52 bits per heavy atom. The number of ether oxygens (including phenoxy) is 1. The summed E-state index contributed by atoms with van der Waals surface area (Å²) < 4.78 is 7.13. The van der Waals surface area contributed by atoms with E-state index in [1.165, 1.54) is 0 Å². The zero-order valence-corrected chi connectivity index (χ0v) is 17.8. The first-order valence-electron chi connectivity index (χ1n) is 10.1. The Labute approximate surface area is 181 Å². The predicted molar refractivity (Wildman–Crippen MR) is 118 cm³/mol. The second-order valence-electron chi connectivity index (χ2n) is 7.38. The number of carbonyl (C=O) groups excluding carboxylic acids is 3. The lowest BCUT2D eigenvalue weighted by molar-refractivity contribution is -0.142. The molecule has 0 aliphatic carbocycles. The summed E-state index contributed by atoms with van der Waals surface area (Å²) in [6, 6.07) is 21.1. The summed E-state index contributed by atoms with van der Waals surface area (Å²) in [6.07, 6.45) is 0.181. The Balaban J connectivity index is 1.49. The second kappa shape index (κ2) is 10.4. The van der Waals surface area contributed by atoms with Crippen molar-refractivity contribution in [3.63, 3.8) is 0 Å². The molecule has 0 atom stereocenters. The van der Waals surface area contributed by atoms with Gasteiger partial charge in [-0.1, -0.05) is 60.7 Å². The number of benzene rings is 2. The van der Waals surface area contributed by atoms with Crippen molar-refractivity contribution in [3.8, 4) is 0 Å². The fraction of sp³-hybridized carbons (Fsp3) is 0.240. The van der Waals surface area contributed by atoms with Crippen LogP contribution in [0.4, 0.5) is 0 Å². The lowest BCUT2D eigenvalue weighted by atomic mass is 10.1. The molecule has 2 aromatic carbocycles. The van der Waals surface area contributed by atoms with Gasteiger partial charge in [0.2, 0.25) is 11.7 Å². The molecule has 0 bridgehead atoms. The number of hydrogen-bond acceptors (Lipinski definition) is 4. The van der Waals surface area contributed by atoms with E-state index in [1.807, 2.05) is 80.6 Å². The van der Waals surface area contributed by atoms with Crippen LogP contribution >= 0.6 is 0 Å². The average molecular weight is 418 g/mol. The summed E-state index contributed by atoms with van der Waals surface area (Å²) in [5.74, 6) is -1.19. The Morgan fingerprint density at radius 1 is 0.903 bits per heavy atom. The highest BCUT2D eigenvalue weighted by atomic mass is 16.5. The largest absolute Gasteiger partial charge is 0.456 e. The van der Waals surface area contributed by atoms with Gasteiger partial charge in [-0.3, -0.25) is 14.4 Å². The number of hydrogen-bond donors (Lipinski definition) is 1. The molecular formula is C25H26N2O4. The van der Waals surface area contributed by atoms with Crippen molar-refractivity contribution < 1.29 is 19.1 Å². The normalized spacial score (nSPS) is 10.5. The minimum atomic E-state index is -0.646. The highest BCUT2D eigenvalue weighted by Crippen LogP contribution is 2.18. The van der Waals surface area contributed by atoms with Crippen LogP contribution in [-0.2, 0) is 27.3 Å². The van der Waals surface area contributed by atoms with Crippen LogP contribution in [0.15, 0.2) is 66.7 Å². The van der Waals surface area contributed by atoms with E-state index in [1.54, 1.807) is 0 Å². The topological polar surface area (TPSA) is 77.4 Å². The van der Waals surface area contributed by atoms with Gasteiger partial charge in [-0.2, -0.15) is 0 Å². The smallest absolute Gasteiger partial charge is 0.325 e. The molecule has 1 heterocycles. The standard InChI is InChI=1S/C25H26N2O4/c1-18-13-22(19(2)27(18)16-21-11-7-4-8-12-21)23(28)17-31-25(30)15-26-24(29)14-20-9-5-3-6-10-20/h3-13H,14-17H2,1-2H3,(H,26,29). The molecule has 0 fully saturated rings. The SMILES string of the molecule is Cc1cc(C(=O)COC(=O)CNC(=O)Cc2ccccc2)c(C)n1Cc1ccccc1. The molecule has 3 rings (SSSR count). The van der Waals surface area contributed by atoms with Crippen LogP contribution in [0.3, 0.4) is 0 Å². The van der Waals surface area contributed by atoms with Gasteiger partial charge < -0.3 is 14.6 Å². The second-order valence-corrected chi connectivity index (χ2v) is 7.38. The van der Waals surface area contributed by atoms with Gasteiger partial charge in [0.05, 0.1) is 6.42 Å². The van der Waals surface area contributed by atoms with Crippen LogP contribution in [-0.4, -0.2) is 35.4 Å². The summed E-state index contributed by atoms with van der Waals surface area (Å²) >= 11 is 0. The fourth-order valence-electron chi connectivity index (χ4n) is 3.38. The number of nitrogens with zero attached hydrogens (tertiary/aromatic N) is 1. The van der Waals surface area contributed by atoms with E-state index in [4.69, 9.17) is 4.74 Å². The first-order valence-corrected chi connectivity index (χ1v) is 10.1. The van der Waals surface area contributed by atoms with Gasteiger partial charge in [-0.05, 0) is 31.0 Å². The molecule has 1 aromatic heterocycles. The molecule has 0 saturated carbocycles. The van der Waals surface area contributed by atoms with Gasteiger partial charge in [0, 0.05) is 23.5 Å². The van der Waals surface area contributed by atoms with Gasteiger partial charge in [0.1, 0.15) is 6.54 Å². The van der Waals surface area contributed by atoms with Crippen LogP contribution in [0, 0.1) is 13.8 Å². The van der Waals surface area contributed by atoms with E-state index < -0.39 is 5.97 Å². The molecule has 160 valence electrons. The van der Waals surface area contributed by atoms with Crippen LogP contribution in [0.25, 0.3) is 0 Å². The van der Waals surface area contributed by atoms with Crippen LogP contribution in [0.1, 0.15) is 32.9 Å². The molecule has 0 spiro atoms. The quantitative estimate of drug-likeness (QED) is 0.428. The van der Waals surface area contributed by atoms with Crippen molar-refractivity contribution in [3.05, 3.63) is 94.8 Å². The number of rotatable bonds is 9. The van der Waals surface area contributed by atoms with E-state index >= 15 is 0 Å². The van der Waals surface area contributed by atoms with Gasteiger partial charge in [0.25, 0.3) is 0 Å². The van der Waals surface area contributed by atoms with Crippen LogP contribution < -0.4 is 5.32 Å². The number of amides is 1. The first kappa shape index (κ1) is 22.0. The zero-order chi connectivity index (χ0) is 22.2. The van der Waals surface area contributed by atoms with Gasteiger partial charge in [-0.25, -0.2) is 0 Å². The number of aryl methyl sites for hydroxylation is 1. The monoisotopic (exact) mass is 418 g/mol. The van der Waals surface area contributed by atoms with E-state index in [0.29, 0.717) is 12.1 Å². The van der Waals surface area contributed by atoms with Crippen molar-refractivity contribution in [1.82, 2.24) is 9.88 Å². The zero-order valence-electron chi connectivity index (χ0n) is 17.8. The maximum absolute atomic E-state index is 12.6. The third-order valence-electron chi connectivity index (χ3n) is 5.06. The van der Waals surface area contributed by atoms with Crippen molar-refractivity contribution in [2.75, 3.05) is 13.2 Å². The van der Waals surface area contributed by atoms with Crippen molar-refractivity contribution in [1.29, 1.82) is 0 Å². The van der Waals surface area contributed by atoms with E-state index in [0.717, 1.165) is 22.5 Å². The number of nitrogens with one attached hydrogen (secondary N) is 1. The molecule has 31 heavy (non-hydrogen) atoms. The molecule has 0 aliphatic rings. The molecule has 1 amide bonds. The Kier molecular flexibility index (Phi) is 7.38. The number of ketones is 1. The molecule has 3 aromatic rings. The summed E-state index contributed by atoms with van der Waals surface area (Å²) in [6.45, 7) is 3.86. The molecule has 6 nitrogen and oxygen atoms in total. The predicted octanol–water partition coefficient (Wildman–Crippen LogP) is 3.24. The van der Waals surface area contributed by atoms with Crippen LogP contribution in [0.5, 0.6) is 0 Å². The summed E-state index contributed by atoms with van der Waals surface area (Å²) in [4.78, 5) is 36.5. The van der Waals surface area contributed by atoms with Crippen molar-refractivity contribution in [2.24, 2.45) is 0 Å². The molecule has 0 radical (unpaired) electrons. The maximum Gasteiger partial charge on any atom is 0.325 e. The molecule has 6 heteroatoms. The van der Waals surface area contributed by atoms with Gasteiger partial charge in [0.15, 0.2) is 6.61 Å². The molecule has 1 N–H and O–H groups in total. The highest BCUT2D eigenvalue weighted by molar-refractivity contribution is 5.99. The third kappa shape index (κ3) is 6.15. The summed E-state index contributed by atoms with van der Waals surface area (Å²) in [5, 5.41) is 2.52. The molecule has 0 aliphatic heterocycles. The lowest BCUT2D eigenvalue weighted by Gasteiger charge is -2.10. The third-order valence-corrected chi connectivity index (χ3v) is 5.06. The Hall–Kier alpha value is -3.67. The Bertz CT molecular complexity index is 1060. The van der Waals surface area contributed by atoms with E-state index in [2.05, 4.69) is 9.88 Å². The van der Waals surface area contributed by atoms with Gasteiger partial charge >= 0.3 is 5.97 Å². The average Bonchev–Trinajstić information content (AvgIpc) is 3.06. The maximum atomic E-state index is 12.6. The molecule has 0 unspecified atom stereocenters. The highest BCUT2D eigenvalue weighted by Gasteiger charge is 2.18. The number of aromatic nitrogens is 1. The van der Waals surface area contributed by atoms with Crippen molar-refractivity contribution in [2.45, 2.75) is 26.8 Å². The Morgan fingerprint density at radius 3 is 2.16 bits per heavy atom. The first-order chi connectivity index (χ1) is 14.9. The fourth-order valence-corrected chi connectivity index (χ4v) is 3.38. The molecular weight excluding hydrogens is 392 g/mol. The molecule has 0 saturated heterocycles. The van der Waals surface area contributed by atoms with E-state index in [-0.39, 0.29) is 31.3 Å². The minimum Gasteiger partial charge on any atom is -0.456 e. The summed E-state index contributed by atoms with van der Waals surface area (Å²) in [7, 11) is 0. The minimum absolute atomic E-state index is 0.181. The summed E-state index contributed by atoms with van der Waals surface area (Å²) in [5.41, 5.74) is 4.33. The number of esters is 1. The lowest BCUT2D eigenvalue weighted by Crippen LogP contribution is -2.32. The number of carbonyl (C=O) groups is 3.